The first-order valence-electron chi connectivity index (χ1n) is 8.83. The van der Waals surface area contributed by atoms with E-state index in [9.17, 15) is 12.8 Å². The summed E-state index contributed by atoms with van der Waals surface area (Å²) in [7, 11) is -3.54. The maximum absolute atomic E-state index is 13.0. The van der Waals surface area contributed by atoms with Crippen LogP contribution in [0.3, 0.4) is 0 Å². The van der Waals surface area contributed by atoms with Gasteiger partial charge in [-0.15, -0.1) is 5.10 Å². The zero-order valence-corrected chi connectivity index (χ0v) is 17.1. The van der Waals surface area contributed by atoms with Crippen LogP contribution in [0.5, 0.6) is 0 Å². The second kappa shape index (κ2) is 7.90. The molecule has 0 unspecified atom stereocenters. The molecule has 0 saturated heterocycles. The van der Waals surface area contributed by atoms with E-state index in [0.29, 0.717) is 22.3 Å². The molecule has 0 atom stereocenters. The van der Waals surface area contributed by atoms with E-state index in [1.54, 1.807) is 47.1 Å². The fraction of sp³-hybridized carbons (Fsp3) is 0.158. The van der Waals surface area contributed by atoms with Gasteiger partial charge in [-0.2, -0.15) is 0 Å². The van der Waals surface area contributed by atoms with Crippen LogP contribution in [0.4, 0.5) is 9.52 Å². The molecule has 0 aliphatic carbocycles. The Labute approximate surface area is 171 Å². The topological polar surface area (TPSA) is 88.4 Å². The number of aromatic nitrogens is 3. The summed E-state index contributed by atoms with van der Waals surface area (Å²) >= 11 is 1.35. The average molecular weight is 432 g/mol. The van der Waals surface area contributed by atoms with Crippen molar-refractivity contribution in [1.29, 1.82) is 0 Å². The number of hydrogen-bond donors (Lipinski definition) is 2. The molecule has 7 nitrogen and oxygen atoms in total. The fourth-order valence-electron chi connectivity index (χ4n) is 2.69. The van der Waals surface area contributed by atoms with E-state index in [4.69, 9.17) is 0 Å². The van der Waals surface area contributed by atoms with Crippen molar-refractivity contribution < 1.29 is 12.8 Å². The number of hydrogen-bond acceptors (Lipinski definition) is 6. The predicted octanol–water partition coefficient (Wildman–Crippen LogP) is 3.30. The van der Waals surface area contributed by atoms with Crippen LogP contribution in [0.2, 0.25) is 0 Å². The number of imidazole rings is 1. The number of nitrogens with one attached hydrogen (secondary N) is 2. The lowest BCUT2D eigenvalue weighted by atomic mass is 10.2. The highest BCUT2D eigenvalue weighted by Crippen LogP contribution is 2.24. The maximum atomic E-state index is 13.0. The highest BCUT2D eigenvalue weighted by atomic mass is 32.2. The largest absolute Gasteiger partial charge is 0.359 e. The number of sulfonamides is 1. The molecule has 0 bridgehead atoms. The lowest BCUT2D eigenvalue weighted by Crippen LogP contribution is -2.28. The van der Waals surface area contributed by atoms with Crippen molar-refractivity contribution in [3.63, 3.8) is 0 Å². The molecule has 0 amide bonds. The summed E-state index contributed by atoms with van der Waals surface area (Å²) in [5.41, 5.74) is 2.52. The van der Waals surface area contributed by atoms with Crippen LogP contribution in [0.1, 0.15) is 5.56 Å². The van der Waals surface area contributed by atoms with Crippen molar-refractivity contribution in [2.45, 2.75) is 11.8 Å². The third-order valence-corrected chi connectivity index (χ3v) is 6.56. The third-order valence-electron chi connectivity index (χ3n) is 4.21. The van der Waals surface area contributed by atoms with Gasteiger partial charge in [0.15, 0.2) is 0 Å². The summed E-state index contributed by atoms with van der Waals surface area (Å²) in [5, 5.41) is 8.11. The van der Waals surface area contributed by atoms with Crippen molar-refractivity contribution in [3.05, 3.63) is 66.1 Å². The van der Waals surface area contributed by atoms with E-state index in [2.05, 4.69) is 20.1 Å². The van der Waals surface area contributed by atoms with Gasteiger partial charge in [0.25, 0.3) is 0 Å². The van der Waals surface area contributed by atoms with Crippen molar-refractivity contribution in [2.75, 3.05) is 18.4 Å². The van der Waals surface area contributed by atoms with Crippen molar-refractivity contribution >= 4 is 31.5 Å². The van der Waals surface area contributed by atoms with Crippen LogP contribution in [0.25, 0.3) is 16.2 Å². The van der Waals surface area contributed by atoms with Crippen LogP contribution in [-0.2, 0) is 10.0 Å². The molecular formula is C19H18FN5O2S2. The molecular weight excluding hydrogens is 413 g/mol. The lowest BCUT2D eigenvalue weighted by Gasteiger charge is -2.07. The van der Waals surface area contributed by atoms with Gasteiger partial charge >= 0.3 is 0 Å². The molecule has 0 radical (unpaired) electrons. The number of anilines is 1. The Morgan fingerprint density at radius 1 is 1.07 bits per heavy atom. The Kier molecular flexibility index (Phi) is 5.31. The first kappa shape index (κ1) is 19.5. The summed E-state index contributed by atoms with van der Waals surface area (Å²) in [4.78, 5) is 5.42. The Balaban J connectivity index is 1.35. The Morgan fingerprint density at radius 2 is 1.79 bits per heavy atom. The quantitative estimate of drug-likeness (QED) is 0.439. The monoisotopic (exact) mass is 431 g/mol. The van der Waals surface area contributed by atoms with Gasteiger partial charge in [0.2, 0.25) is 20.1 Å². The SMILES string of the molecule is Cc1ccc(S(=O)(=O)NCCNc2nn3cc(-c4ccc(F)cc4)nc3s2)cc1. The zero-order chi connectivity index (χ0) is 20.4. The van der Waals surface area contributed by atoms with Crippen LogP contribution in [-0.4, -0.2) is 36.1 Å². The second-order valence-corrected chi connectivity index (χ2v) is 9.13. The molecule has 4 rings (SSSR count). The first-order valence-corrected chi connectivity index (χ1v) is 11.1. The number of nitrogens with zero attached hydrogens (tertiary/aromatic N) is 3. The van der Waals surface area contributed by atoms with Gasteiger partial charge < -0.3 is 5.32 Å². The van der Waals surface area contributed by atoms with Crippen molar-refractivity contribution in [1.82, 2.24) is 19.3 Å². The molecule has 2 N–H and O–H groups in total. The van der Waals surface area contributed by atoms with Crippen LogP contribution >= 0.6 is 11.3 Å². The molecule has 2 heterocycles. The summed E-state index contributed by atoms with van der Waals surface area (Å²) in [6, 6.07) is 12.8. The Bertz CT molecular complexity index is 1200. The van der Waals surface area contributed by atoms with Gasteiger partial charge in [-0.1, -0.05) is 29.0 Å². The van der Waals surface area contributed by atoms with Gasteiger partial charge in [-0.3, -0.25) is 0 Å². The maximum Gasteiger partial charge on any atom is 0.240 e. The van der Waals surface area contributed by atoms with Crippen molar-refractivity contribution in [3.8, 4) is 11.3 Å². The van der Waals surface area contributed by atoms with E-state index in [1.165, 1.54) is 23.5 Å². The minimum atomic E-state index is -3.54. The fourth-order valence-corrected chi connectivity index (χ4v) is 4.53. The number of fused-ring (bicyclic) bond motifs is 1. The molecule has 0 aliphatic heterocycles. The third kappa shape index (κ3) is 4.44. The Morgan fingerprint density at radius 3 is 2.48 bits per heavy atom. The summed E-state index contributed by atoms with van der Waals surface area (Å²) in [5.74, 6) is -0.294. The van der Waals surface area contributed by atoms with E-state index in [-0.39, 0.29) is 17.3 Å². The molecule has 2 aromatic heterocycles. The van der Waals surface area contributed by atoms with E-state index in [1.807, 2.05) is 6.92 Å². The minimum Gasteiger partial charge on any atom is -0.359 e. The second-order valence-electron chi connectivity index (χ2n) is 6.40. The zero-order valence-electron chi connectivity index (χ0n) is 15.5. The summed E-state index contributed by atoms with van der Waals surface area (Å²) in [6.45, 7) is 2.51. The predicted molar refractivity (Wildman–Crippen MR) is 111 cm³/mol. The molecule has 29 heavy (non-hydrogen) atoms. The van der Waals surface area contributed by atoms with Crippen molar-refractivity contribution in [2.24, 2.45) is 0 Å². The molecule has 4 aromatic rings. The molecule has 150 valence electrons. The highest BCUT2D eigenvalue weighted by Gasteiger charge is 2.13. The Hall–Kier alpha value is -2.82. The first-order chi connectivity index (χ1) is 13.9. The van der Waals surface area contributed by atoms with Gasteiger partial charge in [0.1, 0.15) is 5.82 Å². The molecule has 10 heteroatoms. The van der Waals surface area contributed by atoms with E-state index in [0.717, 1.165) is 11.1 Å². The van der Waals surface area contributed by atoms with Gasteiger partial charge in [0.05, 0.1) is 16.8 Å². The molecule has 0 saturated carbocycles. The van der Waals surface area contributed by atoms with E-state index < -0.39 is 10.0 Å². The van der Waals surface area contributed by atoms with Crippen LogP contribution in [0.15, 0.2) is 59.6 Å². The standard InChI is InChI=1S/C19H18FN5O2S2/c1-13-2-8-16(9-3-13)29(26,27)22-11-10-21-18-24-25-12-17(23-19(25)28-18)14-4-6-15(20)7-5-14/h2-9,12,22H,10-11H2,1H3,(H,21,24). The average Bonchev–Trinajstić information content (AvgIpc) is 3.25. The molecule has 0 fully saturated rings. The molecule has 2 aromatic carbocycles. The molecule has 0 spiro atoms. The lowest BCUT2D eigenvalue weighted by molar-refractivity contribution is 0.583. The normalized spacial score (nSPS) is 11.8. The number of rotatable bonds is 7. The molecule has 0 aliphatic rings. The van der Waals surface area contributed by atoms with Crippen LogP contribution in [0, 0.1) is 12.7 Å². The minimum absolute atomic E-state index is 0.221. The van der Waals surface area contributed by atoms with Gasteiger partial charge in [-0.25, -0.2) is 27.0 Å². The number of aryl methyl sites for hydroxylation is 1. The van der Waals surface area contributed by atoms with Crippen LogP contribution < -0.4 is 10.0 Å². The van der Waals surface area contributed by atoms with Gasteiger partial charge in [0, 0.05) is 18.7 Å². The van der Waals surface area contributed by atoms with E-state index >= 15 is 0 Å². The highest BCUT2D eigenvalue weighted by molar-refractivity contribution is 7.89. The number of benzene rings is 2. The van der Waals surface area contributed by atoms with Gasteiger partial charge in [-0.05, 0) is 43.3 Å². The summed E-state index contributed by atoms with van der Waals surface area (Å²) in [6.07, 6.45) is 1.77. The summed E-state index contributed by atoms with van der Waals surface area (Å²) < 4.78 is 41.8. The number of halogens is 1. The smallest absolute Gasteiger partial charge is 0.240 e.